The van der Waals surface area contributed by atoms with Crippen LogP contribution in [0.1, 0.15) is 18.4 Å². The maximum absolute atomic E-state index is 12.7. The second-order valence-corrected chi connectivity index (χ2v) is 4.67. The van der Waals surface area contributed by atoms with Crippen LogP contribution in [-0.4, -0.2) is 19.1 Å². The number of benzene rings is 1. The third-order valence-corrected chi connectivity index (χ3v) is 3.32. The Labute approximate surface area is 99.9 Å². The molecule has 1 fully saturated rings. The van der Waals surface area contributed by atoms with E-state index in [1.165, 1.54) is 17.0 Å². The normalized spacial score (nSPS) is 24.5. The van der Waals surface area contributed by atoms with Crippen molar-refractivity contribution >= 4 is 5.97 Å². The Hall–Kier alpha value is -1.42. The number of piperidine rings is 1. The molecule has 1 heterocycles. The lowest BCUT2D eigenvalue weighted by molar-refractivity contribution is -0.921. The number of aliphatic carboxylic acids is 1. The number of carbonyl (C=O) groups excluding carboxylic acids is 1. The first kappa shape index (κ1) is 12.0. The van der Waals surface area contributed by atoms with Gasteiger partial charge in [-0.15, -0.1) is 0 Å². The van der Waals surface area contributed by atoms with Gasteiger partial charge in [-0.25, -0.2) is 4.39 Å². The van der Waals surface area contributed by atoms with Crippen LogP contribution in [0.2, 0.25) is 0 Å². The van der Waals surface area contributed by atoms with Gasteiger partial charge in [0.25, 0.3) is 0 Å². The number of hydrogen-bond donors (Lipinski definition) is 1. The van der Waals surface area contributed by atoms with Crippen molar-refractivity contribution in [2.75, 3.05) is 13.1 Å². The average Bonchev–Trinajstić information content (AvgIpc) is 2.32. The first-order chi connectivity index (χ1) is 8.15. The number of likely N-dealkylation sites (tertiary alicyclic amines) is 1. The average molecular weight is 237 g/mol. The molecule has 1 aliphatic heterocycles. The van der Waals surface area contributed by atoms with Gasteiger partial charge in [0.1, 0.15) is 12.4 Å². The second-order valence-electron chi connectivity index (χ2n) is 4.67. The van der Waals surface area contributed by atoms with Gasteiger partial charge in [0.15, 0.2) is 0 Å². The number of nitrogens with one attached hydrogen (secondary N) is 1. The van der Waals surface area contributed by atoms with E-state index in [0.29, 0.717) is 6.54 Å². The van der Waals surface area contributed by atoms with Gasteiger partial charge in [-0.05, 0) is 25.0 Å². The largest absolute Gasteiger partial charge is 0.550 e. The Morgan fingerprint density at radius 2 is 2.12 bits per heavy atom. The molecule has 2 rings (SSSR count). The summed E-state index contributed by atoms with van der Waals surface area (Å²) in [4.78, 5) is 12.1. The highest BCUT2D eigenvalue weighted by Gasteiger charge is 2.23. The Morgan fingerprint density at radius 3 is 2.76 bits per heavy atom. The Morgan fingerprint density at radius 1 is 1.41 bits per heavy atom. The van der Waals surface area contributed by atoms with Crippen molar-refractivity contribution in [2.24, 2.45) is 5.92 Å². The van der Waals surface area contributed by atoms with Crippen LogP contribution in [0.15, 0.2) is 24.3 Å². The van der Waals surface area contributed by atoms with Crippen molar-refractivity contribution in [2.45, 2.75) is 19.4 Å². The summed E-state index contributed by atoms with van der Waals surface area (Å²) >= 11 is 0. The summed E-state index contributed by atoms with van der Waals surface area (Å²) < 4.78 is 12.7. The van der Waals surface area contributed by atoms with E-state index in [4.69, 9.17) is 0 Å². The number of carboxylic acids is 1. The number of hydrogen-bond acceptors (Lipinski definition) is 2. The summed E-state index contributed by atoms with van der Waals surface area (Å²) in [6.07, 6.45) is 1.63. The molecule has 2 atom stereocenters. The summed E-state index contributed by atoms with van der Waals surface area (Å²) in [5.41, 5.74) is 1.04. The van der Waals surface area contributed by atoms with Crippen LogP contribution in [0.5, 0.6) is 0 Å². The molecule has 0 amide bonds. The lowest BCUT2D eigenvalue weighted by Gasteiger charge is -2.30. The van der Waals surface area contributed by atoms with Crippen LogP contribution in [-0.2, 0) is 11.3 Å². The van der Waals surface area contributed by atoms with Crippen molar-refractivity contribution in [3.8, 4) is 0 Å². The van der Waals surface area contributed by atoms with Crippen molar-refractivity contribution in [3.63, 3.8) is 0 Å². The topological polar surface area (TPSA) is 44.6 Å². The lowest BCUT2D eigenvalue weighted by atomic mass is 9.98. The minimum atomic E-state index is -0.943. The highest BCUT2D eigenvalue weighted by Crippen LogP contribution is 2.07. The Kier molecular flexibility index (Phi) is 3.74. The van der Waals surface area contributed by atoms with Gasteiger partial charge in [0, 0.05) is 11.5 Å². The third kappa shape index (κ3) is 3.27. The van der Waals surface area contributed by atoms with Crippen molar-refractivity contribution in [3.05, 3.63) is 35.6 Å². The van der Waals surface area contributed by atoms with Crippen LogP contribution >= 0.6 is 0 Å². The molecule has 0 saturated carbocycles. The predicted molar refractivity (Wildman–Crippen MR) is 58.5 cm³/mol. The van der Waals surface area contributed by atoms with E-state index in [1.54, 1.807) is 12.1 Å². The van der Waals surface area contributed by atoms with E-state index >= 15 is 0 Å². The van der Waals surface area contributed by atoms with E-state index in [-0.39, 0.29) is 11.7 Å². The first-order valence-electron chi connectivity index (χ1n) is 5.94. The van der Waals surface area contributed by atoms with E-state index in [1.807, 2.05) is 0 Å². The molecule has 92 valence electrons. The molecule has 0 aromatic heterocycles. The van der Waals surface area contributed by atoms with Crippen molar-refractivity contribution in [1.82, 2.24) is 0 Å². The molecule has 1 N–H and O–H groups in total. The second kappa shape index (κ2) is 5.27. The molecule has 4 heteroatoms. The van der Waals surface area contributed by atoms with Gasteiger partial charge in [0.05, 0.1) is 19.1 Å². The lowest BCUT2D eigenvalue weighted by Crippen LogP contribution is -3.12. The number of halogens is 1. The van der Waals surface area contributed by atoms with Crippen LogP contribution in [0.25, 0.3) is 0 Å². The molecule has 3 nitrogen and oxygen atoms in total. The zero-order chi connectivity index (χ0) is 12.3. The van der Waals surface area contributed by atoms with Gasteiger partial charge in [-0.1, -0.05) is 12.1 Å². The van der Waals surface area contributed by atoms with Gasteiger partial charge in [-0.2, -0.15) is 0 Å². The molecule has 0 radical (unpaired) electrons. The quantitative estimate of drug-likeness (QED) is 0.761. The van der Waals surface area contributed by atoms with Gasteiger partial charge >= 0.3 is 0 Å². The van der Waals surface area contributed by atoms with Crippen LogP contribution in [0.3, 0.4) is 0 Å². The van der Waals surface area contributed by atoms with Crippen molar-refractivity contribution in [1.29, 1.82) is 0 Å². The smallest absolute Gasteiger partial charge is 0.123 e. The zero-order valence-electron chi connectivity index (χ0n) is 9.62. The van der Waals surface area contributed by atoms with Crippen LogP contribution in [0, 0.1) is 11.7 Å². The number of quaternary nitrogens is 1. The Balaban J connectivity index is 1.94. The fourth-order valence-electron chi connectivity index (χ4n) is 2.40. The van der Waals surface area contributed by atoms with Gasteiger partial charge in [0.2, 0.25) is 0 Å². The highest BCUT2D eigenvalue weighted by molar-refractivity contribution is 5.67. The first-order valence-corrected chi connectivity index (χ1v) is 5.94. The summed E-state index contributed by atoms with van der Waals surface area (Å²) in [7, 11) is 0. The minimum Gasteiger partial charge on any atom is -0.550 e. The summed E-state index contributed by atoms with van der Waals surface area (Å²) in [5, 5.41) is 10.8. The van der Waals surface area contributed by atoms with Gasteiger partial charge < -0.3 is 14.8 Å². The molecular formula is C13H16FNO2. The summed E-state index contributed by atoms with van der Waals surface area (Å²) in [6, 6.07) is 6.39. The molecule has 1 aromatic rings. The standard InChI is InChI=1S/C13H16FNO2/c14-12-5-3-10(4-6-12)8-15-7-1-2-11(9-15)13(16)17/h3-6,11H,1-2,7-9H2,(H,16,17)/t11-/m1/s1. The molecule has 0 spiro atoms. The van der Waals surface area contributed by atoms with E-state index < -0.39 is 5.97 Å². The molecule has 0 bridgehead atoms. The van der Waals surface area contributed by atoms with E-state index in [2.05, 4.69) is 0 Å². The number of carbonyl (C=O) groups is 1. The van der Waals surface area contributed by atoms with Crippen LogP contribution < -0.4 is 10.0 Å². The third-order valence-electron chi connectivity index (χ3n) is 3.32. The molecule has 0 aliphatic carbocycles. The fourth-order valence-corrected chi connectivity index (χ4v) is 2.40. The highest BCUT2D eigenvalue weighted by atomic mass is 19.1. The number of carboxylic acid groups (broad SMARTS) is 1. The molecule has 1 aromatic carbocycles. The molecular weight excluding hydrogens is 221 g/mol. The Bertz CT molecular complexity index is 391. The van der Waals surface area contributed by atoms with E-state index in [9.17, 15) is 14.3 Å². The predicted octanol–water partition coefficient (Wildman–Crippen LogP) is -0.629. The van der Waals surface area contributed by atoms with E-state index in [0.717, 1.165) is 31.5 Å². The SMILES string of the molecule is O=C([O-])[C@@H]1CCC[NH+](Cc2ccc(F)cc2)C1. The van der Waals surface area contributed by atoms with Gasteiger partial charge in [-0.3, -0.25) is 0 Å². The summed E-state index contributed by atoms with van der Waals surface area (Å²) in [5.74, 6) is -1.52. The molecule has 1 unspecified atom stereocenters. The zero-order valence-corrected chi connectivity index (χ0v) is 9.62. The van der Waals surface area contributed by atoms with Crippen LogP contribution in [0.4, 0.5) is 4.39 Å². The fraction of sp³-hybridized carbons (Fsp3) is 0.462. The monoisotopic (exact) mass is 237 g/mol. The minimum absolute atomic E-state index is 0.241. The molecule has 1 aliphatic rings. The molecule has 1 saturated heterocycles. The van der Waals surface area contributed by atoms with Crippen molar-refractivity contribution < 1.29 is 19.2 Å². The summed E-state index contributed by atoms with van der Waals surface area (Å²) in [6.45, 7) is 2.34. The molecule has 17 heavy (non-hydrogen) atoms. The maximum Gasteiger partial charge on any atom is 0.123 e. The number of rotatable bonds is 3. The maximum atomic E-state index is 12.7.